The summed E-state index contributed by atoms with van der Waals surface area (Å²) in [6.45, 7) is 2.16. The molecule has 0 aliphatic rings. The van der Waals surface area contributed by atoms with Gasteiger partial charge >= 0.3 is 0 Å². The summed E-state index contributed by atoms with van der Waals surface area (Å²) in [5.41, 5.74) is 0. The molecule has 0 heterocycles. The molecule has 0 aromatic heterocycles. The van der Waals surface area contributed by atoms with E-state index in [4.69, 9.17) is 9.47 Å². The Bertz CT molecular complexity index is 117. The summed E-state index contributed by atoms with van der Waals surface area (Å²) in [6.07, 6.45) is 10.1. The van der Waals surface area contributed by atoms with Crippen LogP contribution >= 0.6 is 0 Å². The van der Waals surface area contributed by atoms with Crippen molar-refractivity contribution in [3.8, 4) is 0 Å². The predicted octanol–water partition coefficient (Wildman–Crippen LogP) is 3.13. The molecule has 0 amide bonds. The SMILES string of the molecule is CC/C=C\CCCCC(OC)OC. The number of hydrogen-bond donors (Lipinski definition) is 0. The molecule has 0 radical (unpaired) electrons. The summed E-state index contributed by atoms with van der Waals surface area (Å²) in [5, 5.41) is 0. The van der Waals surface area contributed by atoms with Crippen molar-refractivity contribution in [2.24, 2.45) is 0 Å². The largest absolute Gasteiger partial charge is 0.356 e. The van der Waals surface area contributed by atoms with Crippen LogP contribution in [0, 0.1) is 0 Å². The van der Waals surface area contributed by atoms with Crippen LogP contribution in [0.2, 0.25) is 0 Å². The third kappa shape index (κ3) is 8.00. The highest BCUT2D eigenvalue weighted by Crippen LogP contribution is 2.07. The summed E-state index contributed by atoms with van der Waals surface area (Å²) >= 11 is 0. The van der Waals surface area contributed by atoms with E-state index in [1.165, 1.54) is 19.3 Å². The molecular formula is C11H22O2. The monoisotopic (exact) mass is 186 g/mol. The fraction of sp³-hybridized carbons (Fsp3) is 0.818. The summed E-state index contributed by atoms with van der Waals surface area (Å²) < 4.78 is 10.2. The van der Waals surface area contributed by atoms with Gasteiger partial charge in [-0.05, 0) is 32.1 Å². The molecule has 2 nitrogen and oxygen atoms in total. The predicted molar refractivity (Wildman–Crippen MR) is 55.7 cm³/mol. The van der Waals surface area contributed by atoms with Crippen molar-refractivity contribution in [2.45, 2.75) is 45.3 Å². The first-order chi connectivity index (χ1) is 6.35. The minimum Gasteiger partial charge on any atom is -0.356 e. The van der Waals surface area contributed by atoms with Crippen molar-refractivity contribution >= 4 is 0 Å². The van der Waals surface area contributed by atoms with Crippen LogP contribution in [0.4, 0.5) is 0 Å². The zero-order valence-corrected chi connectivity index (χ0v) is 9.08. The molecule has 0 saturated carbocycles. The Morgan fingerprint density at radius 3 is 2.31 bits per heavy atom. The van der Waals surface area contributed by atoms with E-state index in [0.29, 0.717) is 0 Å². The van der Waals surface area contributed by atoms with Gasteiger partial charge in [0.05, 0.1) is 0 Å². The van der Waals surface area contributed by atoms with Gasteiger partial charge in [0.15, 0.2) is 6.29 Å². The molecule has 0 aliphatic carbocycles. The average Bonchev–Trinajstić information content (AvgIpc) is 2.17. The van der Waals surface area contributed by atoms with Gasteiger partial charge < -0.3 is 9.47 Å². The number of unbranched alkanes of at least 4 members (excludes halogenated alkanes) is 2. The van der Waals surface area contributed by atoms with E-state index in [9.17, 15) is 0 Å². The third-order valence-electron chi connectivity index (χ3n) is 1.99. The molecule has 0 bridgehead atoms. The zero-order chi connectivity index (χ0) is 9.94. The number of ether oxygens (including phenoxy) is 2. The van der Waals surface area contributed by atoms with Crippen molar-refractivity contribution < 1.29 is 9.47 Å². The van der Waals surface area contributed by atoms with Crippen LogP contribution < -0.4 is 0 Å². The van der Waals surface area contributed by atoms with Crippen LogP contribution in [0.1, 0.15) is 39.0 Å². The summed E-state index contributed by atoms with van der Waals surface area (Å²) in [7, 11) is 3.37. The van der Waals surface area contributed by atoms with E-state index in [0.717, 1.165) is 12.8 Å². The van der Waals surface area contributed by atoms with Gasteiger partial charge in [0.2, 0.25) is 0 Å². The Hall–Kier alpha value is -0.340. The van der Waals surface area contributed by atoms with E-state index in [1.807, 2.05) is 0 Å². The number of methoxy groups -OCH3 is 2. The summed E-state index contributed by atoms with van der Waals surface area (Å²) in [4.78, 5) is 0. The Balaban J connectivity index is 3.19. The van der Waals surface area contributed by atoms with Crippen LogP contribution in [0.3, 0.4) is 0 Å². The van der Waals surface area contributed by atoms with Gasteiger partial charge in [0.1, 0.15) is 0 Å². The second kappa shape index (κ2) is 9.75. The molecule has 0 aromatic rings. The van der Waals surface area contributed by atoms with E-state index < -0.39 is 0 Å². The van der Waals surface area contributed by atoms with E-state index in [-0.39, 0.29) is 6.29 Å². The Kier molecular flexibility index (Phi) is 9.49. The van der Waals surface area contributed by atoms with Crippen LogP contribution in [0.25, 0.3) is 0 Å². The second-order valence-electron chi connectivity index (χ2n) is 3.07. The lowest BCUT2D eigenvalue weighted by molar-refractivity contribution is -0.107. The van der Waals surface area contributed by atoms with Crippen molar-refractivity contribution in [1.29, 1.82) is 0 Å². The van der Waals surface area contributed by atoms with Crippen LogP contribution in [0.15, 0.2) is 12.2 Å². The molecular weight excluding hydrogens is 164 g/mol. The van der Waals surface area contributed by atoms with Crippen LogP contribution in [-0.4, -0.2) is 20.5 Å². The molecule has 0 saturated heterocycles. The van der Waals surface area contributed by atoms with Gasteiger partial charge in [-0.3, -0.25) is 0 Å². The highest BCUT2D eigenvalue weighted by atomic mass is 16.7. The number of hydrogen-bond acceptors (Lipinski definition) is 2. The van der Waals surface area contributed by atoms with Crippen molar-refractivity contribution in [1.82, 2.24) is 0 Å². The molecule has 0 N–H and O–H groups in total. The maximum Gasteiger partial charge on any atom is 0.156 e. The second-order valence-corrected chi connectivity index (χ2v) is 3.07. The molecule has 0 rings (SSSR count). The molecule has 0 spiro atoms. The van der Waals surface area contributed by atoms with Gasteiger partial charge in [-0.25, -0.2) is 0 Å². The molecule has 2 heteroatoms. The van der Waals surface area contributed by atoms with Crippen molar-refractivity contribution in [2.75, 3.05) is 14.2 Å². The quantitative estimate of drug-likeness (QED) is 0.329. The topological polar surface area (TPSA) is 18.5 Å². The van der Waals surface area contributed by atoms with Gasteiger partial charge in [-0.15, -0.1) is 0 Å². The first-order valence-electron chi connectivity index (χ1n) is 5.05. The minimum absolute atomic E-state index is 0.0184. The standard InChI is InChI=1S/C11H22O2/c1-4-5-6-7-8-9-10-11(12-2)13-3/h5-6,11H,4,7-10H2,1-3H3/b6-5-. The molecule has 0 unspecified atom stereocenters. The Morgan fingerprint density at radius 1 is 1.08 bits per heavy atom. The normalized spacial score (nSPS) is 11.7. The lowest BCUT2D eigenvalue weighted by Gasteiger charge is -2.11. The molecule has 13 heavy (non-hydrogen) atoms. The molecule has 78 valence electrons. The maximum absolute atomic E-state index is 5.09. The summed E-state index contributed by atoms with van der Waals surface area (Å²) in [6, 6.07) is 0. The maximum atomic E-state index is 5.09. The molecule has 0 aromatic carbocycles. The van der Waals surface area contributed by atoms with E-state index >= 15 is 0 Å². The smallest absolute Gasteiger partial charge is 0.156 e. The minimum atomic E-state index is -0.0184. The van der Waals surface area contributed by atoms with Crippen molar-refractivity contribution in [3.63, 3.8) is 0 Å². The van der Waals surface area contributed by atoms with E-state index in [2.05, 4.69) is 19.1 Å². The molecule has 0 aliphatic heterocycles. The number of rotatable bonds is 8. The van der Waals surface area contributed by atoms with Gasteiger partial charge in [-0.1, -0.05) is 19.1 Å². The molecule has 0 fully saturated rings. The summed E-state index contributed by atoms with van der Waals surface area (Å²) in [5.74, 6) is 0. The lowest BCUT2D eigenvalue weighted by Crippen LogP contribution is -2.12. The first-order valence-corrected chi connectivity index (χ1v) is 5.05. The van der Waals surface area contributed by atoms with Crippen molar-refractivity contribution in [3.05, 3.63) is 12.2 Å². The Labute approximate surface area is 81.9 Å². The van der Waals surface area contributed by atoms with Crippen LogP contribution in [-0.2, 0) is 9.47 Å². The average molecular weight is 186 g/mol. The zero-order valence-electron chi connectivity index (χ0n) is 9.08. The number of allylic oxidation sites excluding steroid dienone is 2. The first kappa shape index (κ1) is 12.7. The van der Waals surface area contributed by atoms with Crippen LogP contribution in [0.5, 0.6) is 0 Å². The van der Waals surface area contributed by atoms with E-state index in [1.54, 1.807) is 14.2 Å². The third-order valence-corrected chi connectivity index (χ3v) is 1.99. The van der Waals surface area contributed by atoms with Gasteiger partial charge in [0.25, 0.3) is 0 Å². The fourth-order valence-electron chi connectivity index (χ4n) is 1.19. The highest BCUT2D eigenvalue weighted by molar-refractivity contribution is 4.79. The molecule has 0 atom stereocenters. The van der Waals surface area contributed by atoms with Gasteiger partial charge in [-0.2, -0.15) is 0 Å². The fourth-order valence-corrected chi connectivity index (χ4v) is 1.19. The van der Waals surface area contributed by atoms with Gasteiger partial charge in [0, 0.05) is 14.2 Å². The highest BCUT2D eigenvalue weighted by Gasteiger charge is 2.02. The Morgan fingerprint density at radius 2 is 1.77 bits per heavy atom. The lowest BCUT2D eigenvalue weighted by atomic mass is 10.2.